The van der Waals surface area contributed by atoms with E-state index in [9.17, 15) is 5.11 Å². The average Bonchev–Trinajstić information content (AvgIpc) is 2.13. The third-order valence-corrected chi connectivity index (χ3v) is 3.19. The summed E-state index contributed by atoms with van der Waals surface area (Å²) in [6.45, 7) is 1.99. The molecular weight excluding hydrogens is 206 g/mol. The van der Waals surface area contributed by atoms with Gasteiger partial charge in [-0.2, -0.15) is 4.98 Å². The topological polar surface area (TPSA) is 58.5 Å². The predicted molar refractivity (Wildman–Crippen MR) is 58.8 cm³/mol. The molecule has 1 aromatic rings. The molecule has 0 unspecified atom stereocenters. The van der Waals surface area contributed by atoms with Crippen LogP contribution in [0.5, 0.6) is 11.6 Å². The molecule has 0 spiro atoms. The van der Waals surface area contributed by atoms with Crippen molar-refractivity contribution in [3.8, 4) is 11.6 Å². The van der Waals surface area contributed by atoms with E-state index in [1.54, 1.807) is 0 Å². The van der Waals surface area contributed by atoms with Gasteiger partial charge in [0.1, 0.15) is 6.10 Å². The van der Waals surface area contributed by atoms with E-state index in [0.717, 1.165) is 25.9 Å². The quantitative estimate of drug-likeness (QED) is 0.834. The Balaban J connectivity index is 1.78. The highest BCUT2D eigenvalue weighted by molar-refractivity contribution is 5.40. The summed E-state index contributed by atoms with van der Waals surface area (Å²) >= 11 is 0. The molecular formula is C11H15N3O2. The third kappa shape index (κ3) is 1.66. The average molecular weight is 221 g/mol. The highest BCUT2D eigenvalue weighted by atomic mass is 16.5. The SMILES string of the molecule is Oc1cnc(N2CCC2)nc1OC1CCC1. The first kappa shape index (κ1) is 9.69. The molecule has 1 saturated heterocycles. The van der Waals surface area contributed by atoms with Gasteiger partial charge in [0.25, 0.3) is 5.88 Å². The van der Waals surface area contributed by atoms with Gasteiger partial charge in [0.05, 0.1) is 6.20 Å². The van der Waals surface area contributed by atoms with Crippen LogP contribution in [0.1, 0.15) is 25.7 Å². The van der Waals surface area contributed by atoms with Crippen molar-refractivity contribution in [3.05, 3.63) is 6.20 Å². The lowest BCUT2D eigenvalue weighted by atomic mass is 9.96. The summed E-state index contributed by atoms with van der Waals surface area (Å²) < 4.78 is 5.61. The van der Waals surface area contributed by atoms with E-state index < -0.39 is 0 Å². The van der Waals surface area contributed by atoms with Gasteiger partial charge >= 0.3 is 0 Å². The molecule has 0 atom stereocenters. The molecule has 5 nitrogen and oxygen atoms in total. The molecule has 1 N–H and O–H groups in total. The number of hydrogen-bond donors (Lipinski definition) is 1. The van der Waals surface area contributed by atoms with Crippen LogP contribution in [-0.4, -0.2) is 34.3 Å². The minimum Gasteiger partial charge on any atom is -0.502 e. The maximum Gasteiger partial charge on any atom is 0.262 e. The molecule has 2 aliphatic rings. The van der Waals surface area contributed by atoms with Gasteiger partial charge in [-0.25, -0.2) is 4.98 Å². The smallest absolute Gasteiger partial charge is 0.262 e. The summed E-state index contributed by atoms with van der Waals surface area (Å²) in [7, 11) is 0. The predicted octanol–water partition coefficient (Wildman–Crippen LogP) is 1.32. The number of aromatic nitrogens is 2. The maximum atomic E-state index is 9.61. The van der Waals surface area contributed by atoms with Crippen LogP contribution in [0.25, 0.3) is 0 Å². The lowest BCUT2D eigenvalue weighted by Gasteiger charge is -2.31. The normalized spacial score (nSPS) is 20.1. The van der Waals surface area contributed by atoms with Gasteiger partial charge in [-0.3, -0.25) is 0 Å². The van der Waals surface area contributed by atoms with Gasteiger partial charge in [0, 0.05) is 13.1 Å². The minimum atomic E-state index is 0.0381. The molecule has 2 heterocycles. The van der Waals surface area contributed by atoms with Gasteiger partial charge < -0.3 is 14.7 Å². The van der Waals surface area contributed by atoms with Crippen LogP contribution in [0.4, 0.5) is 5.95 Å². The summed E-state index contributed by atoms with van der Waals surface area (Å²) in [5, 5.41) is 9.61. The zero-order chi connectivity index (χ0) is 11.0. The number of nitrogens with zero attached hydrogens (tertiary/aromatic N) is 3. The molecule has 0 aromatic carbocycles. The van der Waals surface area contributed by atoms with Gasteiger partial charge in [-0.1, -0.05) is 0 Å². The van der Waals surface area contributed by atoms with Crippen molar-refractivity contribution < 1.29 is 9.84 Å². The van der Waals surface area contributed by atoms with Gasteiger partial charge in [0.2, 0.25) is 5.95 Å². The summed E-state index contributed by atoms with van der Waals surface area (Å²) in [5.74, 6) is 1.04. The fourth-order valence-electron chi connectivity index (χ4n) is 1.75. The highest BCUT2D eigenvalue weighted by Gasteiger charge is 2.23. The van der Waals surface area contributed by atoms with Crippen LogP contribution in [0.3, 0.4) is 0 Å². The van der Waals surface area contributed by atoms with Gasteiger partial charge in [0.15, 0.2) is 5.75 Å². The van der Waals surface area contributed by atoms with E-state index in [2.05, 4.69) is 14.9 Å². The molecule has 1 aromatic heterocycles. The largest absolute Gasteiger partial charge is 0.502 e. The zero-order valence-electron chi connectivity index (χ0n) is 9.09. The second kappa shape index (κ2) is 3.81. The Morgan fingerprint density at radius 2 is 2.12 bits per heavy atom. The Kier molecular flexibility index (Phi) is 2.31. The van der Waals surface area contributed by atoms with Crippen molar-refractivity contribution in [2.75, 3.05) is 18.0 Å². The van der Waals surface area contributed by atoms with Crippen molar-refractivity contribution in [2.45, 2.75) is 31.8 Å². The first-order chi connectivity index (χ1) is 7.83. The van der Waals surface area contributed by atoms with E-state index in [0.29, 0.717) is 11.8 Å². The van der Waals surface area contributed by atoms with Gasteiger partial charge in [-0.05, 0) is 25.7 Å². The third-order valence-electron chi connectivity index (χ3n) is 3.19. The van der Waals surface area contributed by atoms with E-state index in [-0.39, 0.29) is 11.9 Å². The Morgan fingerprint density at radius 3 is 2.69 bits per heavy atom. The maximum absolute atomic E-state index is 9.61. The monoisotopic (exact) mass is 221 g/mol. The standard InChI is InChI=1S/C11H15N3O2/c15-9-7-12-11(14-5-2-6-14)13-10(9)16-8-3-1-4-8/h7-8,15H,1-6H2. The summed E-state index contributed by atoms with van der Waals surface area (Å²) in [6.07, 6.45) is 6.16. The second-order valence-electron chi connectivity index (χ2n) is 4.37. The summed E-state index contributed by atoms with van der Waals surface area (Å²) in [6, 6.07) is 0. The summed E-state index contributed by atoms with van der Waals surface area (Å²) in [4.78, 5) is 10.4. The van der Waals surface area contributed by atoms with Gasteiger partial charge in [-0.15, -0.1) is 0 Å². The lowest BCUT2D eigenvalue weighted by molar-refractivity contribution is 0.110. The van der Waals surface area contributed by atoms with E-state index >= 15 is 0 Å². The van der Waals surface area contributed by atoms with E-state index in [4.69, 9.17) is 4.74 Å². The molecule has 1 aliphatic carbocycles. The fourth-order valence-corrected chi connectivity index (χ4v) is 1.75. The number of anilines is 1. The molecule has 16 heavy (non-hydrogen) atoms. The van der Waals surface area contributed by atoms with Crippen molar-refractivity contribution >= 4 is 5.95 Å². The lowest BCUT2D eigenvalue weighted by Crippen LogP contribution is -2.38. The molecule has 1 saturated carbocycles. The zero-order valence-corrected chi connectivity index (χ0v) is 9.09. The van der Waals surface area contributed by atoms with Crippen molar-refractivity contribution in [3.63, 3.8) is 0 Å². The Hall–Kier alpha value is -1.52. The van der Waals surface area contributed by atoms with E-state index in [1.165, 1.54) is 19.0 Å². The molecule has 1 aliphatic heterocycles. The molecule has 5 heteroatoms. The molecule has 0 radical (unpaired) electrons. The number of hydrogen-bond acceptors (Lipinski definition) is 5. The first-order valence-electron chi connectivity index (χ1n) is 5.80. The van der Waals surface area contributed by atoms with Crippen LogP contribution < -0.4 is 9.64 Å². The molecule has 2 fully saturated rings. The number of ether oxygens (including phenoxy) is 1. The highest BCUT2D eigenvalue weighted by Crippen LogP contribution is 2.31. The number of rotatable bonds is 3. The molecule has 3 rings (SSSR count). The van der Waals surface area contributed by atoms with Crippen LogP contribution in [-0.2, 0) is 0 Å². The Bertz CT molecular complexity index is 389. The summed E-state index contributed by atoms with van der Waals surface area (Å²) in [5.41, 5.74) is 0. The fraction of sp³-hybridized carbons (Fsp3) is 0.636. The van der Waals surface area contributed by atoms with Crippen LogP contribution in [0.2, 0.25) is 0 Å². The molecule has 0 amide bonds. The van der Waals surface area contributed by atoms with E-state index in [1.807, 2.05) is 0 Å². The number of aromatic hydroxyl groups is 1. The Labute approximate surface area is 94.1 Å². The minimum absolute atomic E-state index is 0.0381. The molecule has 86 valence electrons. The molecule has 0 bridgehead atoms. The van der Waals surface area contributed by atoms with Crippen molar-refractivity contribution in [1.82, 2.24) is 9.97 Å². The van der Waals surface area contributed by atoms with Crippen LogP contribution in [0.15, 0.2) is 6.20 Å². The van der Waals surface area contributed by atoms with Crippen molar-refractivity contribution in [1.29, 1.82) is 0 Å². The Morgan fingerprint density at radius 1 is 1.31 bits per heavy atom. The first-order valence-corrected chi connectivity index (χ1v) is 5.80. The van der Waals surface area contributed by atoms with Crippen LogP contribution >= 0.6 is 0 Å². The van der Waals surface area contributed by atoms with Crippen molar-refractivity contribution in [2.24, 2.45) is 0 Å². The van der Waals surface area contributed by atoms with Crippen LogP contribution in [0, 0.1) is 0 Å². The second-order valence-corrected chi connectivity index (χ2v) is 4.37.